The fourth-order valence-electron chi connectivity index (χ4n) is 4.78. The molecule has 1 atom stereocenters. The molecule has 10 nitrogen and oxygen atoms in total. The molecule has 0 aliphatic carbocycles. The molecule has 4 aromatic rings. The van der Waals surface area contributed by atoms with Crippen molar-refractivity contribution in [1.29, 1.82) is 0 Å². The second-order valence-electron chi connectivity index (χ2n) is 9.43. The van der Waals surface area contributed by atoms with E-state index < -0.39 is 17.9 Å². The molecule has 5 N–H and O–H groups in total. The molecule has 1 saturated heterocycles. The van der Waals surface area contributed by atoms with Crippen molar-refractivity contribution in [3.05, 3.63) is 94.3 Å². The smallest absolute Gasteiger partial charge is 0.266 e. The van der Waals surface area contributed by atoms with Crippen molar-refractivity contribution in [1.82, 2.24) is 25.8 Å². The number of fused-ring (bicyclic) bond motifs is 1. The van der Waals surface area contributed by atoms with E-state index in [9.17, 15) is 14.4 Å². The number of rotatable bonds is 4. The average molecular weight is 569 g/mol. The first-order valence-electron chi connectivity index (χ1n) is 12.8. The monoisotopic (exact) mass is 568 g/mol. The molecule has 206 valence electrons. The van der Waals surface area contributed by atoms with Gasteiger partial charge in [0.05, 0.1) is 21.8 Å². The summed E-state index contributed by atoms with van der Waals surface area (Å²) in [6, 6.07) is 14.9. The van der Waals surface area contributed by atoms with E-state index in [1.807, 2.05) is 24.3 Å². The van der Waals surface area contributed by atoms with Crippen molar-refractivity contribution >= 4 is 40.2 Å². The Kier molecular flexibility index (Phi) is 8.21. The summed E-state index contributed by atoms with van der Waals surface area (Å²) in [4.78, 5) is 47.7. The lowest BCUT2D eigenvalue weighted by Crippen LogP contribution is -2.51. The van der Waals surface area contributed by atoms with Crippen LogP contribution in [0.2, 0.25) is 5.02 Å². The van der Waals surface area contributed by atoms with Crippen LogP contribution in [-0.4, -0.2) is 50.4 Å². The van der Waals surface area contributed by atoms with Crippen LogP contribution >= 0.6 is 11.6 Å². The van der Waals surface area contributed by atoms with E-state index >= 15 is 0 Å². The predicted octanol–water partition coefficient (Wildman–Crippen LogP) is 3.45. The van der Waals surface area contributed by atoms with Gasteiger partial charge in [0.25, 0.3) is 17.7 Å². The molecular formula is C30H25ClN6O4. The fourth-order valence-corrected chi connectivity index (χ4v) is 5.01. The van der Waals surface area contributed by atoms with Crippen LogP contribution in [0.25, 0.3) is 22.2 Å². The van der Waals surface area contributed by atoms with Gasteiger partial charge < -0.3 is 4.90 Å². The zero-order valence-electron chi connectivity index (χ0n) is 21.7. The SMILES string of the molecule is NNC(=O)c1cc(-c2ccc(C#Cc3ccc(C(=O)N4CCCCC4C(=O)NO)cc3Cl)cc2)nc2ccncc12. The van der Waals surface area contributed by atoms with Crippen LogP contribution in [0.15, 0.2) is 67.0 Å². The highest BCUT2D eigenvalue weighted by molar-refractivity contribution is 6.32. The first-order chi connectivity index (χ1) is 19.9. The van der Waals surface area contributed by atoms with Crippen LogP contribution in [0, 0.1) is 11.8 Å². The number of piperidine rings is 1. The normalized spacial score (nSPS) is 14.6. The molecule has 2 aromatic heterocycles. The van der Waals surface area contributed by atoms with Gasteiger partial charge in [-0.15, -0.1) is 0 Å². The van der Waals surface area contributed by atoms with Crippen LogP contribution in [0.3, 0.4) is 0 Å². The summed E-state index contributed by atoms with van der Waals surface area (Å²) in [5.74, 6) is 10.1. The number of hydroxylamine groups is 1. The Morgan fingerprint density at radius 2 is 1.85 bits per heavy atom. The molecule has 0 spiro atoms. The first-order valence-corrected chi connectivity index (χ1v) is 13.2. The third-order valence-corrected chi connectivity index (χ3v) is 7.21. The molecule has 0 bridgehead atoms. The van der Waals surface area contributed by atoms with Crippen LogP contribution in [0.5, 0.6) is 0 Å². The van der Waals surface area contributed by atoms with E-state index in [0.717, 1.165) is 24.0 Å². The minimum Gasteiger partial charge on any atom is -0.327 e. The Balaban J connectivity index is 1.35. The zero-order valence-corrected chi connectivity index (χ0v) is 22.5. The number of nitrogens with one attached hydrogen (secondary N) is 2. The summed E-state index contributed by atoms with van der Waals surface area (Å²) in [6.07, 6.45) is 5.22. The van der Waals surface area contributed by atoms with Gasteiger partial charge in [-0.25, -0.2) is 16.3 Å². The van der Waals surface area contributed by atoms with Gasteiger partial charge in [-0.3, -0.25) is 30.0 Å². The Bertz CT molecular complexity index is 1710. The number of carbonyl (C=O) groups excluding carboxylic acids is 3. The lowest BCUT2D eigenvalue weighted by molar-refractivity contribution is -0.135. The van der Waals surface area contributed by atoms with Crippen LogP contribution < -0.4 is 16.7 Å². The maximum atomic E-state index is 13.1. The number of aromatic nitrogens is 2. The van der Waals surface area contributed by atoms with Crippen molar-refractivity contribution in [2.75, 3.05) is 6.54 Å². The Morgan fingerprint density at radius 1 is 1.05 bits per heavy atom. The third kappa shape index (κ3) is 5.88. The highest BCUT2D eigenvalue weighted by Crippen LogP contribution is 2.26. The number of amides is 3. The maximum Gasteiger partial charge on any atom is 0.266 e. The summed E-state index contributed by atoms with van der Waals surface area (Å²) >= 11 is 6.46. The number of benzene rings is 2. The number of nitrogens with two attached hydrogens (primary N) is 1. The molecule has 2 aromatic carbocycles. The van der Waals surface area contributed by atoms with Gasteiger partial charge >= 0.3 is 0 Å². The number of hydrogen-bond acceptors (Lipinski definition) is 7. The highest BCUT2D eigenvalue weighted by Gasteiger charge is 2.32. The van der Waals surface area contributed by atoms with Gasteiger partial charge in [0, 0.05) is 46.6 Å². The van der Waals surface area contributed by atoms with E-state index in [2.05, 4.69) is 27.2 Å². The number of carbonyl (C=O) groups is 3. The quantitative estimate of drug-likeness (QED) is 0.0967. The summed E-state index contributed by atoms with van der Waals surface area (Å²) in [5.41, 5.74) is 7.78. The Hall–Kier alpha value is -4.82. The van der Waals surface area contributed by atoms with E-state index in [1.54, 1.807) is 42.1 Å². The number of likely N-dealkylation sites (tertiary alicyclic amines) is 1. The molecule has 1 fully saturated rings. The minimum absolute atomic E-state index is 0.306. The van der Waals surface area contributed by atoms with Gasteiger partial charge in [-0.05, 0) is 61.7 Å². The molecule has 3 heterocycles. The largest absolute Gasteiger partial charge is 0.327 e. The van der Waals surface area contributed by atoms with Gasteiger partial charge in [-0.1, -0.05) is 35.6 Å². The Morgan fingerprint density at radius 3 is 2.59 bits per heavy atom. The maximum absolute atomic E-state index is 13.1. The summed E-state index contributed by atoms with van der Waals surface area (Å²) < 4.78 is 0. The van der Waals surface area contributed by atoms with E-state index in [4.69, 9.17) is 22.7 Å². The molecule has 1 unspecified atom stereocenters. The zero-order chi connectivity index (χ0) is 28.9. The standard InChI is InChI=1S/C30H25ClN6O4/c31-24-15-21(30(40)37-14-2-1-3-27(37)29(39)36-41)11-10-19(24)7-4-18-5-8-20(9-6-18)26-16-22(28(38)35-32)23-17-33-13-12-25(23)34-26/h5-6,8-13,15-17,27,41H,1-3,14,32H2,(H,35,38)(H,36,39). The molecule has 5 rings (SSSR count). The number of hydrogen-bond donors (Lipinski definition) is 4. The molecule has 0 radical (unpaired) electrons. The van der Waals surface area contributed by atoms with Crippen molar-refractivity contribution in [2.45, 2.75) is 25.3 Å². The second-order valence-corrected chi connectivity index (χ2v) is 9.84. The second kappa shape index (κ2) is 12.1. The lowest BCUT2D eigenvalue weighted by atomic mass is 10.00. The summed E-state index contributed by atoms with van der Waals surface area (Å²) in [5, 5.41) is 9.95. The molecule has 1 aliphatic heterocycles. The summed E-state index contributed by atoms with van der Waals surface area (Å²) in [6.45, 7) is 0.416. The fraction of sp³-hybridized carbons (Fsp3) is 0.167. The number of hydrazine groups is 1. The number of nitrogens with zero attached hydrogens (tertiary/aromatic N) is 3. The average Bonchev–Trinajstić information content (AvgIpc) is 3.02. The van der Waals surface area contributed by atoms with Crippen molar-refractivity contribution in [3.8, 4) is 23.1 Å². The van der Waals surface area contributed by atoms with Gasteiger partial charge in [0.2, 0.25) is 0 Å². The van der Waals surface area contributed by atoms with Gasteiger partial charge in [-0.2, -0.15) is 0 Å². The molecular weight excluding hydrogens is 544 g/mol. The molecule has 0 saturated carbocycles. The van der Waals surface area contributed by atoms with E-state index in [0.29, 0.717) is 51.3 Å². The molecule has 11 heteroatoms. The van der Waals surface area contributed by atoms with Crippen LogP contribution in [0.4, 0.5) is 0 Å². The lowest BCUT2D eigenvalue weighted by Gasteiger charge is -2.34. The van der Waals surface area contributed by atoms with E-state index in [-0.39, 0.29) is 5.91 Å². The number of halogens is 1. The van der Waals surface area contributed by atoms with Gasteiger partial charge in [0.1, 0.15) is 6.04 Å². The molecule has 3 amide bonds. The van der Waals surface area contributed by atoms with Crippen molar-refractivity contribution in [2.24, 2.45) is 5.84 Å². The third-order valence-electron chi connectivity index (χ3n) is 6.90. The topological polar surface area (TPSA) is 151 Å². The summed E-state index contributed by atoms with van der Waals surface area (Å²) in [7, 11) is 0. The van der Waals surface area contributed by atoms with E-state index in [1.165, 1.54) is 11.0 Å². The van der Waals surface area contributed by atoms with Crippen LogP contribution in [-0.2, 0) is 4.79 Å². The molecule has 1 aliphatic rings. The van der Waals surface area contributed by atoms with Gasteiger partial charge in [0.15, 0.2) is 0 Å². The predicted molar refractivity (Wildman–Crippen MR) is 153 cm³/mol. The Labute approximate surface area is 240 Å². The number of nitrogen functional groups attached to an aromatic ring is 1. The highest BCUT2D eigenvalue weighted by atomic mass is 35.5. The molecule has 41 heavy (non-hydrogen) atoms. The number of pyridine rings is 2. The van der Waals surface area contributed by atoms with Crippen LogP contribution in [0.1, 0.15) is 51.1 Å². The van der Waals surface area contributed by atoms with Crippen molar-refractivity contribution in [3.63, 3.8) is 0 Å². The minimum atomic E-state index is -0.728. The first kappa shape index (κ1) is 27.7. The van der Waals surface area contributed by atoms with Crippen molar-refractivity contribution < 1.29 is 19.6 Å².